The summed E-state index contributed by atoms with van der Waals surface area (Å²) in [5, 5.41) is 0. The van der Waals surface area contributed by atoms with Gasteiger partial charge < -0.3 is 18.9 Å². The number of carbonyl (C=O) groups excluding carboxylic acids is 1. The first-order chi connectivity index (χ1) is 26.1. The van der Waals surface area contributed by atoms with Gasteiger partial charge in [0.15, 0.2) is 0 Å². The second kappa shape index (κ2) is 39.1. The van der Waals surface area contributed by atoms with E-state index in [0.717, 1.165) is 44.9 Å². The van der Waals surface area contributed by atoms with E-state index in [0.29, 0.717) is 24.1 Å². The summed E-state index contributed by atoms with van der Waals surface area (Å²) in [5.74, 6) is -0.320. The van der Waals surface area contributed by atoms with Crippen LogP contribution in [0.25, 0.3) is 0 Å². The van der Waals surface area contributed by atoms with Crippen molar-refractivity contribution < 1.29 is 37.3 Å². The molecule has 0 bridgehead atoms. The van der Waals surface area contributed by atoms with Crippen molar-refractivity contribution in [3.8, 4) is 0 Å². The number of rotatable bonds is 43. The zero-order valence-electron chi connectivity index (χ0n) is 36.5. The van der Waals surface area contributed by atoms with Crippen molar-refractivity contribution in [2.24, 2.45) is 0 Å². The number of hydrogen-bond donors (Lipinski definition) is 1. The summed E-state index contributed by atoms with van der Waals surface area (Å²) < 4.78 is 35.0. The van der Waals surface area contributed by atoms with Gasteiger partial charge in [-0.05, 0) is 38.5 Å². The molecule has 0 saturated carbocycles. The first kappa shape index (κ1) is 53.2. The number of phosphoric ester groups is 1. The Kier molecular flexibility index (Phi) is 38.5. The van der Waals surface area contributed by atoms with Crippen molar-refractivity contribution in [2.45, 2.75) is 219 Å². The number of esters is 1. The van der Waals surface area contributed by atoms with Gasteiger partial charge in [0.1, 0.15) is 19.3 Å². The van der Waals surface area contributed by atoms with Gasteiger partial charge in [-0.1, -0.05) is 180 Å². The number of carbonyl (C=O) groups is 1. The lowest BCUT2D eigenvalue weighted by Gasteiger charge is -2.24. The highest BCUT2D eigenvalue weighted by molar-refractivity contribution is 7.47. The largest absolute Gasteiger partial charge is 0.472 e. The first-order valence-electron chi connectivity index (χ1n) is 22.9. The third-order valence-electron chi connectivity index (χ3n) is 10.1. The fourth-order valence-corrected chi connectivity index (χ4v) is 7.23. The van der Waals surface area contributed by atoms with Crippen LogP contribution in [0.1, 0.15) is 213 Å². The normalized spacial score (nSPS) is 13.8. The molecule has 0 rings (SSSR count). The average molecular weight is 789 g/mol. The molecule has 322 valence electrons. The number of hydrogen-bond acceptors (Lipinski definition) is 6. The Morgan fingerprint density at radius 2 is 0.963 bits per heavy atom. The van der Waals surface area contributed by atoms with Crippen LogP contribution in [-0.4, -0.2) is 75.6 Å². The van der Waals surface area contributed by atoms with Gasteiger partial charge in [-0.3, -0.25) is 13.8 Å². The van der Waals surface area contributed by atoms with E-state index in [1.165, 1.54) is 148 Å². The minimum Gasteiger partial charge on any atom is -0.457 e. The Morgan fingerprint density at radius 1 is 0.556 bits per heavy atom. The van der Waals surface area contributed by atoms with Gasteiger partial charge in [0.05, 0.1) is 34.4 Å². The van der Waals surface area contributed by atoms with E-state index in [2.05, 4.69) is 26.0 Å². The van der Waals surface area contributed by atoms with E-state index in [1.54, 1.807) is 0 Å². The molecule has 0 spiro atoms. The molecule has 54 heavy (non-hydrogen) atoms. The standard InChI is InChI=1S/C45H90NO7P/c1-6-8-10-12-14-16-18-20-21-22-23-24-25-26-27-29-31-33-35-37-40-50-42-44(43-52-54(48,49)51-41-39-46(3,4)5)53-45(47)38-36-34-32-30-28-19-17-15-13-11-9-7-2/h15,17,44H,6-14,16,18-43H2,1-5H3/p+1/b17-15-. The predicted octanol–water partition coefficient (Wildman–Crippen LogP) is 13.4. The number of ether oxygens (including phenoxy) is 2. The Labute approximate surface area is 335 Å². The van der Waals surface area contributed by atoms with Crippen molar-refractivity contribution in [1.29, 1.82) is 0 Å². The van der Waals surface area contributed by atoms with E-state index >= 15 is 0 Å². The quantitative estimate of drug-likeness (QED) is 0.0216. The molecule has 0 aliphatic carbocycles. The highest BCUT2D eigenvalue weighted by Crippen LogP contribution is 2.43. The number of allylic oxidation sites excluding steroid dienone is 2. The summed E-state index contributed by atoms with van der Waals surface area (Å²) in [6.07, 6.45) is 42.5. The van der Waals surface area contributed by atoms with Crippen molar-refractivity contribution in [2.75, 3.05) is 54.1 Å². The second-order valence-corrected chi connectivity index (χ2v) is 18.2. The Balaban J connectivity index is 4.12. The van der Waals surface area contributed by atoms with E-state index in [9.17, 15) is 14.3 Å². The SMILES string of the molecule is CCCCC/C=C\CCCCCCCC(=O)OC(COCCCCCCCCCCCCCCCCCCCCCC)COP(=O)(O)OCC[N+](C)(C)C. The lowest BCUT2D eigenvalue weighted by Crippen LogP contribution is -2.37. The van der Waals surface area contributed by atoms with Gasteiger partial charge in [-0.2, -0.15) is 0 Å². The van der Waals surface area contributed by atoms with Crippen LogP contribution in [-0.2, 0) is 27.9 Å². The summed E-state index contributed by atoms with van der Waals surface area (Å²) in [4.78, 5) is 22.8. The maximum atomic E-state index is 12.7. The van der Waals surface area contributed by atoms with Crippen LogP contribution < -0.4 is 0 Å². The van der Waals surface area contributed by atoms with Crippen LogP contribution >= 0.6 is 7.82 Å². The zero-order valence-corrected chi connectivity index (χ0v) is 37.4. The topological polar surface area (TPSA) is 91.3 Å². The van der Waals surface area contributed by atoms with Gasteiger partial charge in [0.25, 0.3) is 0 Å². The van der Waals surface area contributed by atoms with Crippen molar-refractivity contribution in [3.05, 3.63) is 12.2 Å². The summed E-state index contributed by atoms with van der Waals surface area (Å²) in [6.45, 7) is 5.63. The van der Waals surface area contributed by atoms with E-state index in [-0.39, 0.29) is 25.8 Å². The summed E-state index contributed by atoms with van der Waals surface area (Å²) in [7, 11) is 1.67. The van der Waals surface area contributed by atoms with Crippen molar-refractivity contribution in [1.82, 2.24) is 0 Å². The van der Waals surface area contributed by atoms with Gasteiger partial charge in [-0.25, -0.2) is 4.57 Å². The van der Waals surface area contributed by atoms with E-state index in [4.69, 9.17) is 18.5 Å². The monoisotopic (exact) mass is 789 g/mol. The highest BCUT2D eigenvalue weighted by atomic mass is 31.2. The number of likely N-dealkylation sites (N-methyl/N-ethyl adjacent to an activating group) is 1. The molecule has 0 amide bonds. The van der Waals surface area contributed by atoms with E-state index < -0.39 is 13.9 Å². The average Bonchev–Trinajstić information content (AvgIpc) is 3.12. The Hall–Kier alpha value is -0.760. The van der Waals surface area contributed by atoms with Gasteiger partial charge in [0.2, 0.25) is 0 Å². The third kappa shape index (κ3) is 42.4. The highest BCUT2D eigenvalue weighted by Gasteiger charge is 2.26. The zero-order chi connectivity index (χ0) is 39.9. The molecule has 2 atom stereocenters. The molecule has 0 aliphatic rings. The molecule has 0 fully saturated rings. The molecule has 0 aromatic rings. The molecular weight excluding hydrogens is 697 g/mol. The van der Waals surface area contributed by atoms with Crippen LogP contribution in [0.2, 0.25) is 0 Å². The van der Waals surface area contributed by atoms with Gasteiger partial charge in [0, 0.05) is 13.0 Å². The molecular formula is C45H91NO7P+. The lowest BCUT2D eigenvalue weighted by atomic mass is 10.0. The molecule has 2 unspecified atom stereocenters. The minimum atomic E-state index is -4.27. The fraction of sp³-hybridized carbons (Fsp3) is 0.933. The predicted molar refractivity (Wildman–Crippen MR) is 229 cm³/mol. The second-order valence-electron chi connectivity index (χ2n) is 16.8. The van der Waals surface area contributed by atoms with Crippen LogP contribution in [0.15, 0.2) is 12.2 Å². The van der Waals surface area contributed by atoms with Gasteiger partial charge >= 0.3 is 13.8 Å². The van der Waals surface area contributed by atoms with Gasteiger partial charge in [-0.15, -0.1) is 0 Å². The third-order valence-corrected chi connectivity index (χ3v) is 11.1. The molecule has 8 nitrogen and oxygen atoms in total. The lowest BCUT2D eigenvalue weighted by molar-refractivity contribution is -0.870. The van der Waals surface area contributed by atoms with Crippen LogP contribution in [0.3, 0.4) is 0 Å². The molecule has 0 aliphatic heterocycles. The summed E-state index contributed by atoms with van der Waals surface area (Å²) in [5.41, 5.74) is 0. The molecule has 9 heteroatoms. The molecule has 0 saturated heterocycles. The number of unbranched alkanes of at least 4 members (excludes halogenated alkanes) is 27. The molecule has 1 N–H and O–H groups in total. The maximum absolute atomic E-state index is 12.7. The Morgan fingerprint density at radius 3 is 1.44 bits per heavy atom. The van der Waals surface area contributed by atoms with Crippen LogP contribution in [0.5, 0.6) is 0 Å². The summed E-state index contributed by atoms with van der Waals surface area (Å²) >= 11 is 0. The number of quaternary nitrogens is 1. The minimum absolute atomic E-state index is 0.0902. The first-order valence-corrected chi connectivity index (χ1v) is 24.4. The van der Waals surface area contributed by atoms with Crippen LogP contribution in [0, 0.1) is 0 Å². The van der Waals surface area contributed by atoms with Crippen molar-refractivity contribution >= 4 is 13.8 Å². The Bertz CT molecular complexity index is 879. The maximum Gasteiger partial charge on any atom is 0.472 e. The number of nitrogens with zero attached hydrogens (tertiary/aromatic N) is 1. The molecule has 0 radical (unpaired) electrons. The van der Waals surface area contributed by atoms with Crippen molar-refractivity contribution in [3.63, 3.8) is 0 Å². The molecule has 0 heterocycles. The number of phosphoric acid groups is 1. The summed E-state index contributed by atoms with van der Waals surface area (Å²) in [6, 6.07) is 0. The van der Waals surface area contributed by atoms with E-state index in [1.807, 2.05) is 21.1 Å². The smallest absolute Gasteiger partial charge is 0.457 e. The molecule has 0 aromatic carbocycles. The van der Waals surface area contributed by atoms with Crippen LogP contribution in [0.4, 0.5) is 0 Å². The fourth-order valence-electron chi connectivity index (χ4n) is 6.49. The molecule has 0 aromatic heterocycles.